The molecule has 0 unspecified atom stereocenters. The average molecular weight is 524 g/mol. The second-order valence-corrected chi connectivity index (χ2v) is 9.13. The highest BCUT2D eigenvalue weighted by atomic mass is 19.1. The normalized spacial score (nSPS) is 13.4. The zero-order valence-electron chi connectivity index (χ0n) is 21.1. The van der Waals surface area contributed by atoms with E-state index in [-0.39, 0.29) is 18.4 Å². The standard InChI is InChI=1S/C29H26FN7O2/c30-23-9-5-21(6-10-23)20-36(25-3-1-13-31-19-25)29(38)32-24-11-7-22(8-12-24)27-33-28(35-15-17-39-18-16-35)26-4-2-14-37(26)34-27/h1-14,19H,15-18,20H2,(H,32,38). The van der Waals surface area contributed by atoms with E-state index in [1.807, 2.05) is 47.1 Å². The van der Waals surface area contributed by atoms with Gasteiger partial charge in [0.25, 0.3) is 0 Å². The van der Waals surface area contributed by atoms with Crippen molar-refractivity contribution in [2.75, 3.05) is 41.4 Å². The molecule has 1 N–H and O–H groups in total. The van der Waals surface area contributed by atoms with Crippen LogP contribution in [-0.4, -0.2) is 51.9 Å². The van der Waals surface area contributed by atoms with Crippen LogP contribution in [0.2, 0.25) is 0 Å². The van der Waals surface area contributed by atoms with Crippen molar-refractivity contribution in [1.82, 2.24) is 19.6 Å². The molecule has 1 aliphatic rings. The molecule has 1 saturated heterocycles. The molecule has 5 aromatic rings. The first-order valence-corrected chi connectivity index (χ1v) is 12.7. The van der Waals surface area contributed by atoms with Gasteiger partial charge in [0, 0.05) is 36.7 Å². The van der Waals surface area contributed by atoms with Gasteiger partial charge >= 0.3 is 6.03 Å². The Morgan fingerprint density at radius 2 is 1.79 bits per heavy atom. The first-order chi connectivity index (χ1) is 19.1. The molecule has 0 saturated carbocycles. The van der Waals surface area contributed by atoms with E-state index in [1.165, 1.54) is 12.1 Å². The van der Waals surface area contributed by atoms with Crippen LogP contribution in [0.4, 0.5) is 26.4 Å². The van der Waals surface area contributed by atoms with Gasteiger partial charge < -0.3 is 15.0 Å². The number of ether oxygens (including phenoxy) is 1. The van der Waals surface area contributed by atoms with E-state index < -0.39 is 0 Å². The Bertz CT molecular complexity index is 1570. The van der Waals surface area contributed by atoms with Crippen LogP contribution in [0.5, 0.6) is 0 Å². The number of halogens is 1. The van der Waals surface area contributed by atoms with Gasteiger partial charge in [-0.3, -0.25) is 9.88 Å². The van der Waals surface area contributed by atoms with Crippen molar-refractivity contribution in [1.29, 1.82) is 0 Å². The molecular formula is C29H26FN7O2. The highest BCUT2D eigenvalue weighted by molar-refractivity contribution is 6.01. The lowest BCUT2D eigenvalue weighted by atomic mass is 10.2. The molecule has 1 fully saturated rings. The quantitative estimate of drug-likeness (QED) is 0.337. The Kier molecular flexibility index (Phi) is 6.84. The van der Waals surface area contributed by atoms with Crippen LogP contribution in [0.1, 0.15) is 5.56 Å². The summed E-state index contributed by atoms with van der Waals surface area (Å²) >= 11 is 0. The summed E-state index contributed by atoms with van der Waals surface area (Å²) in [7, 11) is 0. The van der Waals surface area contributed by atoms with Crippen LogP contribution in [0, 0.1) is 5.82 Å². The van der Waals surface area contributed by atoms with Crippen molar-refractivity contribution in [3.8, 4) is 11.4 Å². The smallest absolute Gasteiger partial charge is 0.326 e. The maximum absolute atomic E-state index is 13.4. The second kappa shape index (κ2) is 10.9. The molecule has 0 spiro atoms. The van der Waals surface area contributed by atoms with Gasteiger partial charge in [-0.15, -0.1) is 5.10 Å². The summed E-state index contributed by atoms with van der Waals surface area (Å²) in [6.45, 7) is 3.13. The Hall–Kier alpha value is -4.83. The molecular weight excluding hydrogens is 497 g/mol. The van der Waals surface area contributed by atoms with Crippen molar-refractivity contribution in [2.24, 2.45) is 0 Å². The predicted molar refractivity (Wildman–Crippen MR) is 147 cm³/mol. The fourth-order valence-corrected chi connectivity index (χ4v) is 4.51. The first kappa shape index (κ1) is 24.5. The highest BCUT2D eigenvalue weighted by Crippen LogP contribution is 2.26. The van der Waals surface area contributed by atoms with E-state index >= 15 is 0 Å². The number of rotatable bonds is 6. The first-order valence-electron chi connectivity index (χ1n) is 12.7. The molecule has 0 aliphatic carbocycles. The third-order valence-corrected chi connectivity index (χ3v) is 6.53. The lowest BCUT2D eigenvalue weighted by Crippen LogP contribution is -2.37. The molecule has 9 nitrogen and oxygen atoms in total. The monoisotopic (exact) mass is 523 g/mol. The third kappa shape index (κ3) is 5.41. The number of urea groups is 1. The number of pyridine rings is 1. The number of morpholine rings is 1. The SMILES string of the molecule is O=C(Nc1ccc(-c2nc(N3CCOCC3)c3cccn3n2)cc1)N(Cc1ccc(F)cc1)c1cccnc1. The molecule has 196 valence electrons. The number of aromatic nitrogens is 4. The Balaban J connectivity index is 1.23. The number of carbonyl (C=O) groups excluding carboxylic acids is 1. The Labute approximate surface area is 224 Å². The van der Waals surface area contributed by atoms with Gasteiger partial charge in [-0.2, -0.15) is 0 Å². The van der Waals surface area contributed by atoms with Gasteiger partial charge in [0.1, 0.15) is 11.3 Å². The number of nitrogens with zero attached hydrogens (tertiary/aromatic N) is 6. The van der Waals surface area contributed by atoms with E-state index in [1.54, 1.807) is 41.6 Å². The van der Waals surface area contributed by atoms with Gasteiger partial charge in [0.05, 0.1) is 31.6 Å². The molecule has 3 aromatic heterocycles. The summed E-state index contributed by atoms with van der Waals surface area (Å²) in [6.07, 6.45) is 5.17. The fraction of sp³-hybridized carbons (Fsp3) is 0.172. The number of carbonyl (C=O) groups is 1. The fourth-order valence-electron chi connectivity index (χ4n) is 4.51. The van der Waals surface area contributed by atoms with Crippen LogP contribution in [0.25, 0.3) is 16.9 Å². The Morgan fingerprint density at radius 1 is 1.00 bits per heavy atom. The van der Waals surface area contributed by atoms with Gasteiger partial charge in [-0.1, -0.05) is 12.1 Å². The average Bonchev–Trinajstić information content (AvgIpc) is 3.46. The van der Waals surface area contributed by atoms with E-state index in [9.17, 15) is 9.18 Å². The van der Waals surface area contributed by atoms with Crippen LogP contribution in [0.3, 0.4) is 0 Å². The van der Waals surface area contributed by atoms with E-state index in [2.05, 4.69) is 15.2 Å². The summed E-state index contributed by atoms with van der Waals surface area (Å²) in [5.41, 5.74) is 3.81. The van der Waals surface area contributed by atoms with Crippen molar-refractivity contribution in [3.05, 3.63) is 103 Å². The molecule has 10 heteroatoms. The van der Waals surface area contributed by atoms with E-state index in [0.717, 1.165) is 35.6 Å². The van der Waals surface area contributed by atoms with Crippen LogP contribution < -0.4 is 15.1 Å². The Morgan fingerprint density at radius 3 is 2.54 bits per heavy atom. The number of hydrogen-bond donors (Lipinski definition) is 1. The molecule has 2 aromatic carbocycles. The minimum atomic E-state index is -0.334. The van der Waals surface area contributed by atoms with Gasteiger partial charge in [-0.25, -0.2) is 18.7 Å². The summed E-state index contributed by atoms with van der Waals surface area (Å²) in [5, 5.41) is 7.65. The van der Waals surface area contributed by atoms with Crippen molar-refractivity contribution in [2.45, 2.75) is 6.54 Å². The maximum atomic E-state index is 13.4. The lowest BCUT2D eigenvalue weighted by molar-refractivity contribution is 0.122. The van der Waals surface area contributed by atoms with Crippen molar-refractivity contribution >= 4 is 28.7 Å². The van der Waals surface area contributed by atoms with E-state index in [4.69, 9.17) is 14.8 Å². The van der Waals surface area contributed by atoms with Crippen molar-refractivity contribution < 1.29 is 13.9 Å². The molecule has 0 atom stereocenters. The maximum Gasteiger partial charge on any atom is 0.326 e. The highest BCUT2D eigenvalue weighted by Gasteiger charge is 2.19. The summed E-state index contributed by atoms with van der Waals surface area (Å²) in [6, 6.07) is 20.7. The number of nitrogens with one attached hydrogen (secondary N) is 1. The van der Waals surface area contributed by atoms with E-state index in [0.29, 0.717) is 30.4 Å². The third-order valence-electron chi connectivity index (χ3n) is 6.53. The van der Waals surface area contributed by atoms with Gasteiger partial charge in [0.2, 0.25) is 0 Å². The molecule has 1 aliphatic heterocycles. The van der Waals surface area contributed by atoms with Gasteiger partial charge in [-0.05, 0) is 66.2 Å². The number of amides is 2. The predicted octanol–water partition coefficient (Wildman–Crippen LogP) is 5.01. The van der Waals surface area contributed by atoms with Crippen LogP contribution in [-0.2, 0) is 11.3 Å². The summed E-state index contributed by atoms with van der Waals surface area (Å²) in [4.78, 5) is 26.2. The number of anilines is 3. The van der Waals surface area contributed by atoms with Crippen LogP contribution >= 0.6 is 0 Å². The summed E-state index contributed by atoms with van der Waals surface area (Å²) in [5.74, 6) is 1.14. The molecule has 4 heterocycles. The number of benzene rings is 2. The summed E-state index contributed by atoms with van der Waals surface area (Å²) < 4.78 is 20.8. The van der Waals surface area contributed by atoms with Crippen LogP contribution in [0.15, 0.2) is 91.4 Å². The molecule has 2 amide bonds. The lowest BCUT2D eigenvalue weighted by Gasteiger charge is -2.28. The van der Waals surface area contributed by atoms with Gasteiger partial charge in [0.15, 0.2) is 11.6 Å². The second-order valence-electron chi connectivity index (χ2n) is 9.13. The zero-order chi connectivity index (χ0) is 26.6. The molecule has 0 radical (unpaired) electrons. The zero-order valence-corrected chi connectivity index (χ0v) is 21.1. The number of fused-ring (bicyclic) bond motifs is 1. The molecule has 39 heavy (non-hydrogen) atoms. The molecule has 0 bridgehead atoms. The van der Waals surface area contributed by atoms with Crippen molar-refractivity contribution in [3.63, 3.8) is 0 Å². The topological polar surface area (TPSA) is 87.9 Å². The minimum Gasteiger partial charge on any atom is -0.378 e. The minimum absolute atomic E-state index is 0.255. The molecule has 6 rings (SSSR count). The number of hydrogen-bond acceptors (Lipinski definition) is 6. The largest absolute Gasteiger partial charge is 0.378 e.